The molecule has 104 heavy (non-hydrogen) atoms. The molecule has 36 heteroatoms. The number of aromatic nitrogens is 4. The van der Waals surface area contributed by atoms with E-state index in [9.17, 15) is 126 Å². The number of hydrogen-bond acceptors (Lipinski definition) is 12. The molecule has 8 atom stereocenters. The van der Waals surface area contributed by atoms with Crippen molar-refractivity contribution in [3.05, 3.63) is 164 Å². The van der Waals surface area contributed by atoms with Crippen molar-refractivity contribution in [3.8, 4) is 0 Å². The number of para-hydroxylation sites is 4. The van der Waals surface area contributed by atoms with E-state index in [0.29, 0.717) is 100 Å². The van der Waals surface area contributed by atoms with Crippen LogP contribution in [0.5, 0.6) is 0 Å². The van der Waals surface area contributed by atoms with Gasteiger partial charge in [-0.2, -0.15) is 105 Å². The van der Waals surface area contributed by atoms with Crippen LogP contribution in [-0.4, -0.2) is 90.7 Å². The van der Waals surface area contributed by atoms with Crippen molar-refractivity contribution in [1.29, 1.82) is 0 Å². The van der Waals surface area contributed by atoms with Gasteiger partial charge in [0, 0.05) is 45.7 Å². The summed E-state index contributed by atoms with van der Waals surface area (Å²) >= 11 is 0. The Kier molecular flexibility index (Phi) is 24.4. The van der Waals surface area contributed by atoms with E-state index < -0.39 is 165 Å². The molecule has 4 aliphatic heterocycles. The molecule has 0 spiro atoms. The molecule has 0 aliphatic carbocycles. The van der Waals surface area contributed by atoms with Crippen molar-refractivity contribution in [2.45, 2.75) is 175 Å². The lowest BCUT2D eigenvalue weighted by Gasteiger charge is -2.29. The monoisotopic (exact) mass is 1510 g/mol. The van der Waals surface area contributed by atoms with Gasteiger partial charge in [-0.05, 0) is 148 Å². The van der Waals surface area contributed by atoms with Gasteiger partial charge < -0.3 is 41.7 Å². The minimum absolute atomic E-state index is 0.132. The molecule has 4 aromatic heterocycles. The minimum atomic E-state index is -4.93. The van der Waals surface area contributed by atoms with Gasteiger partial charge in [-0.3, -0.25) is 0 Å². The van der Waals surface area contributed by atoms with E-state index >= 15 is 0 Å². The fraction of sp³-hybridized carbons (Fsp3) is 0.471. The number of pyridine rings is 4. The summed E-state index contributed by atoms with van der Waals surface area (Å²) in [6.07, 6.45) is -36.0. The predicted molar refractivity (Wildman–Crippen MR) is 329 cm³/mol. The van der Waals surface area contributed by atoms with Gasteiger partial charge in [0.15, 0.2) is 0 Å². The summed E-state index contributed by atoms with van der Waals surface area (Å²) in [7, 11) is 0. The summed E-state index contributed by atoms with van der Waals surface area (Å²) in [4.78, 5) is 12.9. The van der Waals surface area contributed by atoms with Crippen molar-refractivity contribution < 1.29 is 126 Å². The smallest absolute Gasteiger partial charge is 0.387 e. The van der Waals surface area contributed by atoms with Crippen molar-refractivity contribution in [2.75, 3.05) is 26.2 Å². The maximum atomic E-state index is 13.2. The van der Waals surface area contributed by atoms with Crippen molar-refractivity contribution in [2.24, 2.45) is 0 Å². The normalized spacial score (nSPS) is 20.3. The molecule has 0 amide bonds. The van der Waals surface area contributed by atoms with Crippen LogP contribution in [0.2, 0.25) is 0 Å². The van der Waals surface area contributed by atoms with Crippen LogP contribution in [0.15, 0.2) is 97.1 Å². The number of benzene rings is 4. The highest BCUT2D eigenvalue weighted by molar-refractivity contribution is 5.89. The lowest BCUT2D eigenvalue weighted by molar-refractivity contribution is -0.142. The van der Waals surface area contributed by atoms with Crippen LogP contribution in [0.3, 0.4) is 0 Å². The van der Waals surface area contributed by atoms with Crippen LogP contribution in [0.25, 0.3) is 43.6 Å². The Morgan fingerprint density at radius 3 is 0.596 bits per heavy atom. The van der Waals surface area contributed by atoms with Crippen LogP contribution in [0.4, 0.5) is 105 Å². The van der Waals surface area contributed by atoms with Crippen molar-refractivity contribution in [3.63, 3.8) is 0 Å². The van der Waals surface area contributed by atoms with E-state index in [2.05, 4.69) is 41.2 Å². The highest BCUT2D eigenvalue weighted by Gasteiger charge is 2.44. The first-order valence-electron chi connectivity index (χ1n) is 32.3. The molecule has 8 aromatic rings. The molecular formula is C68H64F24N8O4. The van der Waals surface area contributed by atoms with E-state index in [4.69, 9.17) is 0 Å². The Hall–Kier alpha value is -7.48. The Morgan fingerprint density at radius 2 is 0.452 bits per heavy atom. The molecule has 0 bridgehead atoms. The average Bonchev–Trinajstić information content (AvgIpc) is 0.777. The second-order valence-corrected chi connectivity index (χ2v) is 25.2. The molecule has 12 rings (SSSR count). The number of rotatable bonds is 8. The topological polar surface area (TPSA) is 181 Å². The van der Waals surface area contributed by atoms with Gasteiger partial charge in [0.05, 0.1) is 68.7 Å². The summed E-state index contributed by atoms with van der Waals surface area (Å²) in [6, 6.07) is 12.6. The average molecular weight is 1510 g/mol. The van der Waals surface area contributed by atoms with Crippen molar-refractivity contribution in [1.82, 2.24) is 41.2 Å². The van der Waals surface area contributed by atoms with Gasteiger partial charge in [-0.25, -0.2) is 19.9 Å². The first-order valence-corrected chi connectivity index (χ1v) is 32.3. The molecule has 8 N–H and O–H groups in total. The third-order valence-corrected chi connectivity index (χ3v) is 18.1. The molecule has 0 radical (unpaired) electrons. The predicted octanol–water partition coefficient (Wildman–Crippen LogP) is 17.8. The van der Waals surface area contributed by atoms with Gasteiger partial charge in [-0.1, -0.05) is 74.2 Å². The Morgan fingerprint density at radius 1 is 0.269 bits per heavy atom. The molecule has 568 valence electrons. The summed E-state index contributed by atoms with van der Waals surface area (Å²) < 4.78 is 317. The zero-order valence-electron chi connectivity index (χ0n) is 53.8. The van der Waals surface area contributed by atoms with E-state index in [0.717, 1.165) is 75.6 Å². The molecule has 4 aliphatic rings. The van der Waals surface area contributed by atoms with Crippen LogP contribution in [0.1, 0.15) is 169 Å². The van der Waals surface area contributed by atoms with Gasteiger partial charge in [0.25, 0.3) is 0 Å². The number of alkyl halides is 24. The fourth-order valence-electron chi connectivity index (χ4n) is 13.0. The van der Waals surface area contributed by atoms with E-state index in [1.54, 1.807) is 0 Å². The van der Waals surface area contributed by atoms with E-state index in [1.165, 1.54) is 24.3 Å². The van der Waals surface area contributed by atoms with Crippen LogP contribution < -0.4 is 21.3 Å². The lowest BCUT2D eigenvalue weighted by atomic mass is 9.91. The third kappa shape index (κ3) is 19.0. The van der Waals surface area contributed by atoms with E-state index in [-0.39, 0.29) is 43.8 Å². The molecule has 0 saturated carbocycles. The lowest BCUT2D eigenvalue weighted by Crippen LogP contribution is -2.39. The number of hydrogen-bond donors (Lipinski definition) is 8. The number of nitrogens with zero attached hydrogens (tertiary/aromatic N) is 4. The SMILES string of the molecule is O[C@@H](c1cc(C(F)(F)F)nc2c(C(F)(F)F)cccc12)[C@@H]1CCCCN1.O[C@@H](c1cc(C(F)(F)F)nc2c(C(F)(F)F)cccc12)[C@H]1CCCCN1.O[C@H](c1cc(C(F)(F)F)nc2c(C(F)(F)F)cccc12)[C@@H]1CCCCN1.O[C@H](c1cc(C(F)(F)F)nc2c(C(F)(F)F)cccc12)[C@H]1CCCCN1. The zero-order valence-corrected chi connectivity index (χ0v) is 53.8. The van der Waals surface area contributed by atoms with Crippen LogP contribution >= 0.6 is 0 Å². The summed E-state index contributed by atoms with van der Waals surface area (Å²) in [5.74, 6) is 0. The number of halogens is 24. The minimum Gasteiger partial charge on any atom is -0.387 e. The second-order valence-electron chi connectivity index (χ2n) is 25.2. The molecule has 0 unspecified atom stereocenters. The Bertz CT molecular complexity index is 3730. The molecule has 4 saturated heterocycles. The fourth-order valence-corrected chi connectivity index (χ4v) is 13.0. The molecule has 4 fully saturated rings. The highest BCUT2D eigenvalue weighted by atomic mass is 19.4. The largest absolute Gasteiger partial charge is 0.433 e. The van der Waals surface area contributed by atoms with Gasteiger partial charge >= 0.3 is 49.4 Å². The number of aliphatic hydroxyl groups is 4. The zero-order chi connectivity index (χ0) is 76.5. The number of fused-ring (bicyclic) bond motifs is 4. The number of aliphatic hydroxyl groups excluding tert-OH is 4. The Labute approximate surface area is 574 Å². The molecule has 4 aromatic carbocycles. The quantitative estimate of drug-likeness (QED) is 0.0676. The molecule has 12 nitrogen and oxygen atoms in total. The first kappa shape index (κ1) is 80.6. The number of nitrogens with one attached hydrogen (secondary N) is 4. The summed E-state index contributed by atoms with van der Waals surface area (Å²) in [5.41, 5.74) is -14.9. The van der Waals surface area contributed by atoms with Crippen LogP contribution in [0, 0.1) is 0 Å². The first-order chi connectivity index (χ1) is 48.3. The van der Waals surface area contributed by atoms with Gasteiger partial charge in [-0.15, -0.1) is 0 Å². The van der Waals surface area contributed by atoms with Crippen LogP contribution in [-0.2, 0) is 49.4 Å². The maximum absolute atomic E-state index is 13.2. The second kappa shape index (κ2) is 31.5. The van der Waals surface area contributed by atoms with E-state index in [1.807, 2.05) is 0 Å². The summed E-state index contributed by atoms with van der Waals surface area (Å²) in [5, 5.41) is 53.9. The van der Waals surface area contributed by atoms with Gasteiger partial charge in [0.2, 0.25) is 0 Å². The standard InChI is InChI=1S/4C17H16F6N2O/c4*18-16(19,20)11-5-3-4-9-10(15(26)12-6-1-2-7-24-12)8-13(17(21,22)23)25-14(9)11/h4*3-5,8,12,15,24,26H,1-2,6-7H2/t2*12-,15+;2*12-,15-/m1010/s1. The summed E-state index contributed by atoms with van der Waals surface area (Å²) in [6.45, 7) is 2.35. The number of piperidine rings is 4. The van der Waals surface area contributed by atoms with Gasteiger partial charge in [0.1, 0.15) is 22.8 Å². The molecule has 8 heterocycles. The van der Waals surface area contributed by atoms with Crippen molar-refractivity contribution >= 4 is 43.6 Å². The highest BCUT2D eigenvalue weighted by Crippen LogP contribution is 2.46. The molecular weight excluding hydrogens is 1450 g/mol. The Balaban J connectivity index is 0.000000161. The maximum Gasteiger partial charge on any atom is 0.433 e. The third-order valence-electron chi connectivity index (χ3n) is 18.1.